The molecule has 10 heteroatoms. The van der Waals surface area contributed by atoms with Crippen LogP contribution in [0.1, 0.15) is 15.7 Å². The van der Waals surface area contributed by atoms with Crippen LogP contribution in [0.3, 0.4) is 0 Å². The third-order valence-electron chi connectivity index (χ3n) is 3.80. The number of aromatic nitrogens is 4. The first-order valence-corrected chi connectivity index (χ1v) is 9.08. The van der Waals surface area contributed by atoms with Crippen molar-refractivity contribution in [3.05, 3.63) is 47.4 Å². The zero-order valence-corrected chi connectivity index (χ0v) is 15.0. The number of hydrogen-bond acceptors (Lipinski definition) is 8. The van der Waals surface area contributed by atoms with Gasteiger partial charge in [0, 0.05) is 0 Å². The molecule has 4 rings (SSSR count). The molecule has 3 aromatic rings. The predicted octanol–water partition coefficient (Wildman–Crippen LogP) is 2.51. The summed E-state index contributed by atoms with van der Waals surface area (Å²) in [6, 6.07) is 8.83. The van der Waals surface area contributed by atoms with Gasteiger partial charge in [-0.15, -0.1) is 0 Å². The number of rotatable bonds is 4. The molecule has 0 bridgehead atoms. The Morgan fingerprint density at radius 1 is 1.38 bits per heavy atom. The summed E-state index contributed by atoms with van der Waals surface area (Å²) in [4.78, 5) is 24.4. The first kappa shape index (κ1) is 17.1. The molecule has 3 heterocycles. The maximum absolute atomic E-state index is 12.0. The monoisotopic (exact) mass is 391 g/mol. The standard InChI is InChI=1S/C16H14ClN5O3S/c17-13-12-14(21-16(18)20-13)22(8-19-12)10-6-24-11(26-10)7-25-15(23)9-4-2-1-3-5-9/h1-5,8,10-11H,6-7H2,(H2,18,20,21). The van der Waals surface area contributed by atoms with E-state index in [4.69, 9.17) is 26.8 Å². The van der Waals surface area contributed by atoms with Crippen LogP contribution < -0.4 is 5.73 Å². The van der Waals surface area contributed by atoms with Gasteiger partial charge in [-0.3, -0.25) is 4.57 Å². The Bertz CT molecular complexity index is 952. The summed E-state index contributed by atoms with van der Waals surface area (Å²) < 4.78 is 12.9. The number of thioether (sulfide) groups is 1. The average Bonchev–Trinajstić information content (AvgIpc) is 3.27. The Hall–Kier alpha value is -2.36. The number of halogens is 1. The summed E-state index contributed by atoms with van der Waals surface area (Å²) in [6.45, 7) is 0.574. The summed E-state index contributed by atoms with van der Waals surface area (Å²) in [5, 5.41) is 0.134. The van der Waals surface area contributed by atoms with Gasteiger partial charge in [0.05, 0.1) is 18.5 Å². The number of carbonyl (C=O) groups excluding carboxylic acids is 1. The molecule has 2 N–H and O–H groups in total. The lowest BCUT2D eigenvalue weighted by Crippen LogP contribution is -2.15. The van der Waals surface area contributed by atoms with E-state index in [2.05, 4.69) is 15.0 Å². The number of ether oxygens (including phenoxy) is 2. The van der Waals surface area contributed by atoms with Crippen molar-refractivity contribution in [3.63, 3.8) is 0 Å². The van der Waals surface area contributed by atoms with Crippen LogP contribution in [0, 0.1) is 0 Å². The van der Waals surface area contributed by atoms with E-state index in [1.807, 2.05) is 10.6 Å². The van der Waals surface area contributed by atoms with E-state index in [-0.39, 0.29) is 34.5 Å². The van der Waals surface area contributed by atoms with Gasteiger partial charge in [0.2, 0.25) is 5.95 Å². The minimum absolute atomic E-state index is 0.0780. The number of nitrogens with two attached hydrogens (primary N) is 1. The molecule has 8 nitrogen and oxygen atoms in total. The molecular weight excluding hydrogens is 378 g/mol. The molecule has 0 radical (unpaired) electrons. The SMILES string of the molecule is Nc1nc(Cl)c2ncn(C3COC(COC(=O)c4ccccc4)S3)c2n1. The molecule has 2 unspecified atom stereocenters. The fourth-order valence-electron chi connectivity index (χ4n) is 2.59. The second kappa shape index (κ2) is 7.10. The van der Waals surface area contributed by atoms with Crippen molar-refractivity contribution >= 4 is 46.4 Å². The molecule has 1 aliphatic heterocycles. The Labute approximate surface area is 157 Å². The summed E-state index contributed by atoms with van der Waals surface area (Å²) in [5.41, 5.74) is 6.94. The van der Waals surface area contributed by atoms with E-state index < -0.39 is 0 Å². The molecule has 2 aromatic heterocycles. The zero-order chi connectivity index (χ0) is 18.1. The van der Waals surface area contributed by atoms with Crippen molar-refractivity contribution in [2.24, 2.45) is 0 Å². The first-order chi connectivity index (χ1) is 12.6. The van der Waals surface area contributed by atoms with Gasteiger partial charge in [-0.1, -0.05) is 41.6 Å². The highest BCUT2D eigenvalue weighted by Crippen LogP contribution is 2.37. The second-order valence-corrected chi connectivity index (χ2v) is 7.21. The molecule has 26 heavy (non-hydrogen) atoms. The van der Waals surface area contributed by atoms with Crippen LogP contribution in [0.2, 0.25) is 5.15 Å². The van der Waals surface area contributed by atoms with E-state index in [1.54, 1.807) is 30.6 Å². The van der Waals surface area contributed by atoms with Gasteiger partial charge in [0.1, 0.15) is 22.9 Å². The molecule has 1 aromatic carbocycles. The molecular formula is C16H14ClN5O3S. The number of hydrogen-bond donors (Lipinski definition) is 1. The average molecular weight is 392 g/mol. The van der Waals surface area contributed by atoms with Crippen LogP contribution in [0.4, 0.5) is 5.95 Å². The largest absolute Gasteiger partial charge is 0.458 e. The second-order valence-electron chi connectivity index (χ2n) is 5.51. The van der Waals surface area contributed by atoms with Gasteiger partial charge >= 0.3 is 5.97 Å². The number of nitrogens with zero attached hydrogens (tertiary/aromatic N) is 4. The fourth-order valence-corrected chi connectivity index (χ4v) is 3.90. The maximum atomic E-state index is 12.0. The Balaban J connectivity index is 1.42. The molecule has 0 saturated carbocycles. The van der Waals surface area contributed by atoms with Crippen molar-refractivity contribution in [2.45, 2.75) is 10.8 Å². The molecule has 2 atom stereocenters. The third-order valence-corrected chi connectivity index (χ3v) is 5.32. The molecule has 1 aliphatic rings. The van der Waals surface area contributed by atoms with Crippen LogP contribution in [0.25, 0.3) is 11.2 Å². The van der Waals surface area contributed by atoms with Crippen molar-refractivity contribution < 1.29 is 14.3 Å². The summed E-state index contributed by atoms with van der Waals surface area (Å²) in [7, 11) is 0. The summed E-state index contributed by atoms with van der Waals surface area (Å²) in [5.74, 6) is -0.292. The smallest absolute Gasteiger partial charge is 0.338 e. The highest BCUT2D eigenvalue weighted by molar-refractivity contribution is 8.00. The Kier molecular flexibility index (Phi) is 4.66. The van der Waals surface area contributed by atoms with Gasteiger partial charge in [0.15, 0.2) is 10.8 Å². The summed E-state index contributed by atoms with van der Waals surface area (Å²) >= 11 is 7.56. The fraction of sp³-hybridized carbons (Fsp3) is 0.250. The van der Waals surface area contributed by atoms with Crippen LogP contribution in [0.5, 0.6) is 0 Å². The number of fused-ring (bicyclic) bond motifs is 1. The topological polar surface area (TPSA) is 105 Å². The van der Waals surface area contributed by atoms with E-state index in [1.165, 1.54) is 11.8 Å². The normalized spacial score (nSPS) is 19.7. The minimum atomic E-state index is -0.376. The van der Waals surface area contributed by atoms with Gasteiger partial charge in [0.25, 0.3) is 0 Å². The molecule has 0 spiro atoms. The van der Waals surface area contributed by atoms with E-state index in [9.17, 15) is 4.79 Å². The lowest BCUT2D eigenvalue weighted by molar-refractivity contribution is 0.0274. The van der Waals surface area contributed by atoms with Crippen LogP contribution in [0.15, 0.2) is 36.7 Å². The Morgan fingerprint density at radius 3 is 3.00 bits per heavy atom. The van der Waals surface area contributed by atoms with Crippen LogP contribution in [-0.2, 0) is 9.47 Å². The lowest BCUT2D eigenvalue weighted by atomic mass is 10.2. The van der Waals surface area contributed by atoms with Crippen molar-refractivity contribution in [1.82, 2.24) is 19.5 Å². The van der Waals surface area contributed by atoms with E-state index in [0.29, 0.717) is 23.3 Å². The summed E-state index contributed by atoms with van der Waals surface area (Å²) in [6.07, 6.45) is 1.63. The molecule has 0 amide bonds. The zero-order valence-electron chi connectivity index (χ0n) is 13.4. The molecule has 1 saturated heterocycles. The lowest BCUT2D eigenvalue weighted by Gasteiger charge is -2.11. The molecule has 134 valence electrons. The van der Waals surface area contributed by atoms with Gasteiger partial charge in [-0.05, 0) is 12.1 Å². The highest BCUT2D eigenvalue weighted by atomic mass is 35.5. The van der Waals surface area contributed by atoms with Crippen LogP contribution >= 0.6 is 23.4 Å². The molecule has 0 aliphatic carbocycles. The van der Waals surface area contributed by atoms with Crippen LogP contribution in [-0.4, -0.2) is 44.1 Å². The number of benzene rings is 1. The predicted molar refractivity (Wildman–Crippen MR) is 97.8 cm³/mol. The Morgan fingerprint density at radius 2 is 2.19 bits per heavy atom. The first-order valence-electron chi connectivity index (χ1n) is 7.76. The van der Waals surface area contributed by atoms with Gasteiger partial charge in [-0.2, -0.15) is 9.97 Å². The quantitative estimate of drug-likeness (QED) is 0.534. The maximum Gasteiger partial charge on any atom is 0.338 e. The van der Waals surface area contributed by atoms with Crippen molar-refractivity contribution in [1.29, 1.82) is 0 Å². The number of nitrogen functional groups attached to an aromatic ring is 1. The third kappa shape index (κ3) is 3.33. The number of anilines is 1. The van der Waals surface area contributed by atoms with E-state index >= 15 is 0 Å². The van der Waals surface area contributed by atoms with Gasteiger partial charge < -0.3 is 15.2 Å². The van der Waals surface area contributed by atoms with Gasteiger partial charge in [-0.25, -0.2) is 9.78 Å². The molecule has 1 fully saturated rings. The van der Waals surface area contributed by atoms with Crippen molar-refractivity contribution in [2.75, 3.05) is 18.9 Å². The van der Waals surface area contributed by atoms with E-state index in [0.717, 1.165) is 0 Å². The number of esters is 1. The van der Waals surface area contributed by atoms with Crippen molar-refractivity contribution in [3.8, 4) is 0 Å². The minimum Gasteiger partial charge on any atom is -0.458 e. The number of carbonyl (C=O) groups is 1. The number of imidazole rings is 1. The highest BCUT2D eigenvalue weighted by Gasteiger charge is 2.30.